The molecule has 0 unspecified atom stereocenters. The van der Waals surface area contributed by atoms with Crippen LogP contribution in [0.3, 0.4) is 0 Å². The molecule has 0 spiro atoms. The molecule has 1 heterocycles. The zero-order valence-electron chi connectivity index (χ0n) is 7.01. The van der Waals surface area contributed by atoms with Crippen LogP contribution in [-0.4, -0.2) is 16.7 Å². The molecule has 0 aromatic carbocycles. The Bertz CT molecular complexity index is 233. The molecule has 1 aromatic heterocycles. The van der Waals surface area contributed by atoms with Crippen molar-refractivity contribution < 1.29 is 0 Å². The number of hydrogen-bond donors (Lipinski definition) is 2. The highest BCUT2D eigenvalue weighted by Gasteiger charge is 1.91. The molecule has 0 aliphatic rings. The molecule has 0 aliphatic carbocycles. The number of hydrogen-bond acceptors (Lipinski definition) is 2. The van der Waals surface area contributed by atoms with Crippen molar-refractivity contribution in [2.75, 3.05) is 6.54 Å². The standard InChI is InChI=1S/C9H13N3/c1-2-3-4-6-10-8-9-5-7-11-12-9/h1,5,7,10H,3-4,6,8H2,(H,11,12). The Kier molecular flexibility index (Phi) is 3.96. The minimum atomic E-state index is 0.838. The van der Waals surface area contributed by atoms with E-state index < -0.39 is 0 Å². The highest BCUT2D eigenvalue weighted by molar-refractivity contribution is 4.96. The summed E-state index contributed by atoms with van der Waals surface area (Å²) in [7, 11) is 0. The van der Waals surface area contributed by atoms with Crippen LogP contribution < -0.4 is 5.32 Å². The first-order valence-electron chi connectivity index (χ1n) is 4.06. The number of nitrogens with zero attached hydrogens (tertiary/aromatic N) is 1. The molecule has 64 valence electrons. The fraction of sp³-hybridized carbons (Fsp3) is 0.444. The van der Waals surface area contributed by atoms with Crippen LogP contribution in [0.1, 0.15) is 18.5 Å². The molecular formula is C9H13N3. The predicted molar refractivity (Wildman–Crippen MR) is 48.4 cm³/mol. The quantitative estimate of drug-likeness (QED) is 0.500. The summed E-state index contributed by atoms with van der Waals surface area (Å²) in [5.41, 5.74) is 1.11. The maximum atomic E-state index is 5.11. The number of H-pyrrole nitrogens is 1. The first-order chi connectivity index (χ1) is 5.93. The number of terminal acetylenes is 1. The Balaban J connectivity index is 2.01. The molecule has 0 aliphatic heterocycles. The third-order valence-corrected chi connectivity index (χ3v) is 1.55. The molecule has 0 atom stereocenters. The molecule has 0 saturated heterocycles. The molecule has 0 amide bonds. The van der Waals surface area contributed by atoms with Crippen molar-refractivity contribution in [1.29, 1.82) is 0 Å². The van der Waals surface area contributed by atoms with Crippen LogP contribution >= 0.6 is 0 Å². The summed E-state index contributed by atoms with van der Waals surface area (Å²) in [6.07, 6.45) is 8.74. The van der Waals surface area contributed by atoms with Crippen molar-refractivity contribution in [1.82, 2.24) is 15.5 Å². The molecule has 3 nitrogen and oxygen atoms in total. The molecule has 0 saturated carbocycles. The van der Waals surface area contributed by atoms with Crippen LogP contribution in [0.15, 0.2) is 12.3 Å². The third kappa shape index (κ3) is 3.22. The Hall–Kier alpha value is -1.27. The van der Waals surface area contributed by atoms with Crippen LogP contribution in [0.2, 0.25) is 0 Å². The van der Waals surface area contributed by atoms with Gasteiger partial charge in [-0.25, -0.2) is 0 Å². The first-order valence-corrected chi connectivity index (χ1v) is 4.06. The lowest BCUT2D eigenvalue weighted by molar-refractivity contribution is 0.648. The zero-order valence-corrected chi connectivity index (χ0v) is 7.01. The average molecular weight is 163 g/mol. The summed E-state index contributed by atoms with van der Waals surface area (Å²) >= 11 is 0. The van der Waals surface area contributed by atoms with E-state index >= 15 is 0 Å². The third-order valence-electron chi connectivity index (χ3n) is 1.55. The highest BCUT2D eigenvalue weighted by atomic mass is 15.1. The monoisotopic (exact) mass is 163 g/mol. The topological polar surface area (TPSA) is 40.7 Å². The Morgan fingerprint density at radius 2 is 2.58 bits per heavy atom. The van der Waals surface area contributed by atoms with E-state index in [1.807, 2.05) is 6.07 Å². The summed E-state index contributed by atoms with van der Waals surface area (Å²) in [6.45, 7) is 1.80. The zero-order chi connectivity index (χ0) is 8.65. The van der Waals surface area contributed by atoms with Crippen molar-refractivity contribution in [3.8, 4) is 12.3 Å². The van der Waals surface area contributed by atoms with Gasteiger partial charge in [-0.05, 0) is 19.0 Å². The fourth-order valence-electron chi connectivity index (χ4n) is 0.922. The van der Waals surface area contributed by atoms with E-state index in [2.05, 4.69) is 21.4 Å². The van der Waals surface area contributed by atoms with Gasteiger partial charge in [0.05, 0.1) is 0 Å². The van der Waals surface area contributed by atoms with Crippen LogP contribution in [0, 0.1) is 12.3 Å². The number of nitrogens with one attached hydrogen (secondary N) is 2. The normalized spacial score (nSPS) is 9.58. The van der Waals surface area contributed by atoms with E-state index in [0.29, 0.717) is 0 Å². The van der Waals surface area contributed by atoms with Crippen molar-refractivity contribution in [2.45, 2.75) is 19.4 Å². The second-order valence-electron chi connectivity index (χ2n) is 2.57. The molecule has 3 heteroatoms. The van der Waals surface area contributed by atoms with Crippen LogP contribution in [0.25, 0.3) is 0 Å². The SMILES string of the molecule is C#CCCCNCc1ccn[nH]1. The van der Waals surface area contributed by atoms with E-state index in [0.717, 1.165) is 31.6 Å². The van der Waals surface area contributed by atoms with E-state index in [1.54, 1.807) is 6.20 Å². The van der Waals surface area contributed by atoms with Gasteiger partial charge in [0.2, 0.25) is 0 Å². The van der Waals surface area contributed by atoms with Crippen LogP contribution in [0.5, 0.6) is 0 Å². The van der Waals surface area contributed by atoms with Gasteiger partial charge in [-0.3, -0.25) is 5.10 Å². The Labute approximate surface area is 72.6 Å². The summed E-state index contributed by atoms with van der Waals surface area (Å²) in [4.78, 5) is 0. The van der Waals surface area contributed by atoms with E-state index in [-0.39, 0.29) is 0 Å². The number of unbranched alkanes of at least 4 members (excludes halogenated alkanes) is 1. The van der Waals surface area contributed by atoms with Gasteiger partial charge in [0, 0.05) is 24.9 Å². The summed E-state index contributed by atoms with van der Waals surface area (Å²) in [5.74, 6) is 2.60. The van der Waals surface area contributed by atoms with Crippen LogP contribution in [0.4, 0.5) is 0 Å². The van der Waals surface area contributed by atoms with Gasteiger partial charge >= 0.3 is 0 Å². The second kappa shape index (κ2) is 5.39. The molecule has 2 N–H and O–H groups in total. The highest BCUT2D eigenvalue weighted by Crippen LogP contribution is 1.90. The molecule has 1 rings (SSSR count). The van der Waals surface area contributed by atoms with E-state index in [9.17, 15) is 0 Å². The average Bonchev–Trinajstić information content (AvgIpc) is 2.57. The smallest absolute Gasteiger partial charge is 0.0490 e. The van der Waals surface area contributed by atoms with Gasteiger partial charge in [0.15, 0.2) is 0 Å². The minimum Gasteiger partial charge on any atom is -0.311 e. The maximum Gasteiger partial charge on any atom is 0.0490 e. The lowest BCUT2D eigenvalue weighted by atomic mass is 10.3. The van der Waals surface area contributed by atoms with Crippen molar-refractivity contribution in [2.24, 2.45) is 0 Å². The molecule has 0 radical (unpaired) electrons. The molecule has 0 fully saturated rings. The van der Waals surface area contributed by atoms with Gasteiger partial charge in [-0.15, -0.1) is 12.3 Å². The number of rotatable bonds is 5. The maximum absolute atomic E-state index is 5.11. The van der Waals surface area contributed by atoms with Crippen molar-refractivity contribution in [3.05, 3.63) is 18.0 Å². The lowest BCUT2D eigenvalue weighted by Crippen LogP contribution is -2.14. The van der Waals surface area contributed by atoms with Crippen LogP contribution in [-0.2, 0) is 6.54 Å². The minimum absolute atomic E-state index is 0.838. The molecule has 1 aromatic rings. The van der Waals surface area contributed by atoms with Gasteiger partial charge in [-0.2, -0.15) is 5.10 Å². The van der Waals surface area contributed by atoms with Gasteiger partial charge < -0.3 is 5.32 Å². The van der Waals surface area contributed by atoms with E-state index in [1.165, 1.54) is 0 Å². The van der Waals surface area contributed by atoms with Gasteiger partial charge in [0.25, 0.3) is 0 Å². The molecule has 0 bridgehead atoms. The summed E-state index contributed by atoms with van der Waals surface area (Å²) in [5, 5.41) is 9.97. The fourth-order valence-corrected chi connectivity index (χ4v) is 0.922. The lowest BCUT2D eigenvalue weighted by Gasteiger charge is -1.99. The number of aromatic amines is 1. The molecule has 12 heavy (non-hydrogen) atoms. The predicted octanol–water partition coefficient (Wildman–Crippen LogP) is 0.913. The largest absolute Gasteiger partial charge is 0.311 e. The summed E-state index contributed by atoms with van der Waals surface area (Å²) < 4.78 is 0. The Morgan fingerprint density at radius 1 is 1.67 bits per heavy atom. The van der Waals surface area contributed by atoms with Gasteiger partial charge in [-0.1, -0.05) is 0 Å². The number of aromatic nitrogens is 2. The Morgan fingerprint density at radius 3 is 3.25 bits per heavy atom. The van der Waals surface area contributed by atoms with Gasteiger partial charge in [0.1, 0.15) is 0 Å². The van der Waals surface area contributed by atoms with E-state index in [4.69, 9.17) is 6.42 Å². The first kappa shape index (κ1) is 8.82. The second-order valence-corrected chi connectivity index (χ2v) is 2.57. The van der Waals surface area contributed by atoms with Crippen molar-refractivity contribution in [3.63, 3.8) is 0 Å². The van der Waals surface area contributed by atoms with Crippen molar-refractivity contribution >= 4 is 0 Å². The summed E-state index contributed by atoms with van der Waals surface area (Å²) in [6, 6.07) is 1.95. The molecular weight excluding hydrogens is 150 g/mol.